The van der Waals surface area contributed by atoms with Crippen molar-refractivity contribution >= 4 is 5.91 Å². The Bertz CT molecular complexity index is 1890. The van der Waals surface area contributed by atoms with Crippen LogP contribution in [-0.4, -0.2) is 140 Å². The van der Waals surface area contributed by atoms with Gasteiger partial charge in [0.05, 0.1) is 32.0 Å². The number of aliphatic hydroxyl groups is 8. The van der Waals surface area contributed by atoms with Crippen LogP contribution in [0.4, 0.5) is 0 Å². The van der Waals surface area contributed by atoms with E-state index < -0.39 is 86.8 Å². The highest BCUT2D eigenvalue weighted by molar-refractivity contribution is 5.76. The zero-order valence-electron chi connectivity index (χ0n) is 59.0. The molecule has 540 valence electrons. The van der Waals surface area contributed by atoms with Gasteiger partial charge in [-0.1, -0.05) is 317 Å². The number of carbonyl (C=O) groups excluding carboxylic acids is 1. The fourth-order valence-electron chi connectivity index (χ4n) is 12.3. The lowest BCUT2D eigenvalue weighted by Crippen LogP contribution is -2.65. The minimum absolute atomic E-state index is 0.245. The Morgan fingerprint density at radius 2 is 0.753 bits per heavy atom. The first-order valence-corrected chi connectivity index (χ1v) is 38.3. The van der Waals surface area contributed by atoms with Crippen LogP contribution in [0.5, 0.6) is 0 Å². The van der Waals surface area contributed by atoms with E-state index in [1.807, 2.05) is 6.08 Å². The highest BCUT2D eigenvalue weighted by Gasteiger charge is 2.51. The monoisotopic (exact) mass is 1310 g/mol. The zero-order chi connectivity index (χ0) is 67.3. The van der Waals surface area contributed by atoms with E-state index in [-0.39, 0.29) is 18.9 Å². The van der Waals surface area contributed by atoms with Crippen molar-refractivity contribution in [1.82, 2.24) is 5.32 Å². The number of unbranched alkanes of at least 4 members (excludes halogenated alkanes) is 38. The van der Waals surface area contributed by atoms with Crippen molar-refractivity contribution in [3.05, 3.63) is 85.1 Å². The molecule has 2 aliphatic rings. The first-order chi connectivity index (χ1) is 45.6. The van der Waals surface area contributed by atoms with E-state index in [1.54, 1.807) is 6.08 Å². The molecule has 12 unspecified atom stereocenters. The van der Waals surface area contributed by atoms with Gasteiger partial charge in [0.1, 0.15) is 48.8 Å². The van der Waals surface area contributed by atoms with E-state index in [0.717, 1.165) is 64.2 Å². The minimum atomic E-state index is -1.79. The molecule has 0 radical (unpaired) electrons. The Balaban J connectivity index is 1.59. The Kier molecular flexibility index (Phi) is 58.1. The third-order valence-electron chi connectivity index (χ3n) is 18.3. The summed E-state index contributed by atoms with van der Waals surface area (Å²) < 4.78 is 22.9. The summed E-state index contributed by atoms with van der Waals surface area (Å²) in [5.74, 6) is -0.245. The topological polar surface area (TPSA) is 228 Å². The van der Waals surface area contributed by atoms with E-state index in [0.29, 0.717) is 12.8 Å². The Morgan fingerprint density at radius 1 is 0.398 bits per heavy atom. The van der Waals surface area contributed by atoms with E-state index in [1.165, 1.54) is 218 Å². The lowest BCUT2D eigenvalue weighted by molar-refractivity contribution is -0.359. The van der Waals surface area contributed by atoms with Gasteiger partial charge in [-0.15, -0.1) is 0 Å². The lowest BCUT2D eigenvalue weighted by atomic mass is 9.97. The van der Waals surface area contributed by atoms with Crippen LogP contribution in [0.3, 0.4) is 0 Å². The second-order valence-corrected chi connectivity index (χ2v) is 26.7. The van der Waals surface area contributed by atoms with Gasteiger partial charge < -0.3 is 65.1 Å². The summed E-state index contributed by atoms with van der Waals surface area (Å²) >= 11 is 0. The van der Waals surface area contributed by atoms with E-state index in [4.69, 9.17) is 18.9 Å². The molecule has 93 heavy (non-hydrogen) atoms. The van der Waals surface area contributed by atoms with Crippen LogP contribution in [0.15, 0.2) is 85.1 Å². The van der Waals surface area contributed by atoms with Crippen LogP contribution in [0.25, 0.3) is 0 Å². The summed E-state index contributed by atoms with van der Waals surface area (Å²) in [5, 5.41) is 87.5. The molecule has 2 aliphatic heterocycles. The molecule has 12 atom stereocenters. The molecular formula is C79H141NO13. The molecule has 0 aromatic carbocycles. The number of hydrogen-bond donors (Lipinski definition) is 9. The fourth-order valence-corrected chi connectivity index (χ4v) is 12.3. The average molecular weight is 1310 g/mol. The van der Waals surface area contributed by atoms with Crippen LogP contribution < -0.4 is 5.32 Å². The van der Waals surface area contributed by atoms with Crippen LogP contribution in [0.1, 0.15) is 316 Å². The van der Waals surface area contributed by atoms with Gasteiger partial charge in [0.25, 0.3) is 0 Å². The van der Waals surface area contributed by atoms with E-state index in [9.17, 15) is 45.6 Å². The van der Waals surface area contributed by atoms with Crippen LogP contribution in [-0.2, 0) is 23.7 Å². The molecule has 0 aliphatic carbocycles. The summed E-state index contributed by atoms with van der Waals surface area (Å²) in [6.45, 7) is 2.70. The Hall–Kier alpha value is -2.83. The molecule has 0 spiro atoms. The highest BCUT2D eigenvalue weighted by Crippen LogP contribution is 2.30. The third kappa shape index (κ3) is 46.1. The molecule has 0 aromatic rings. The van der Waals surface area contributed by atoms with Gasteiger partial charge in [0.2, 0.25) is 5.91 Å². The normalized spacial score (nSPS) is 23.0. The van der Waals surface area contributed by atoms with Crippen molar-refractivity contribution in [3.8, 4) is 0 Å². The summed E-state index contributed by atoms with van der Waals surface area (Å²) in [4.78, 5) is 13.4. The predicted molar refractivity (Wildman–Crippen MR) is 383 cm³/mol. The maximum atomic E-state index is 13.4. The van der Waals surface area contributed by atoms with Crippen molar-refractivity contribution in [2.75, 3.05) is 19.8 Å². The first-order valence-electron chi connectivity index (χ1n) is 38.3. The fraction of sp³-hybridized carbons (Fsp3) is 0.810. The first kappa shape index (κ1) is 86.3. The SMILES string of the molecule is CC/C=C\C/C=C\C/C=C\C/C=C\C/C=C\CCCCCCCCCCCCCCCCCCCCCCCCCC(=O)NC(COC1OC(CO)C(OC2OC(CO)C(O)C(O)C2O)C(O)C1O)C(O)/C=C/CC/C=C/CCCCCCCCCCCCCCCC. The molecule has 0 saturated carbocycles. The van der Waals surface area contributed by atoms with Crippen molar-refractivity contribution in [2.45, 2.75) is 389 Å². The molecule has 2 saturated heterocycles. The van der Waals surface area contributed by atoms with Gasteiger partial charge in [-0.2, -0.15) is 0 Å². The number of ether oxygens (including phenoxy) is 4. The summed E-state index contributed by atoms with van der Waals surface area (Å²) in [6, 6.07) is -0.934. The molecule has 14 heteroatoms. The Morgan fingerprint density at radius 3 is 1.18 bits per heavy atom. The van der Waals surface area contributed by atoms with E-state index in [2.05, 4.69) is 92.1 Å². The number of nitrogens with one attached hydrogen (secondary N) is 1. The molecule has 1 amide bonds. The predicted octanol–water partition coefficient (Wildman–Crippen LogP) is 16.7. The number of amides is 1. The second kappa shape index (κ2) is 62.7. The molecule has 2 rings (SSSR count). The van der Waals surface area contributed by atoms with Crippen LogP contribution >= 0.6 is 0 Å². The van der Waals surface area contributed by atoms with Gasteiger partial charge >= 0.3 is 0 Å². The Labute approximate surface area is 567 Å². The second-order valence-electron chi connectivity index (χ2n) is 26.7. The van der Waals surface area contributed by atoms with Crippen molar-refractivity contribution in [2.24, 2.45) is 0 Å². The zero-order valence-corrected chi connectivity index (χ0v) is 59.0. The van der Waals surface area contributed by atoms with Crippen molar-refractivity contribution in [1.29, 1.82) is 0 Å². The highest BCUT2D eigenvalue weighted by atomic mass is 16.7. The quantitative estimate of drug-likeness (QED) is 0.0204. The lowest BCUT2D eigenvalue weighted by Gasteiger charge is -2.46. The molecule has 2 heterocycles. The number of hydrogen-bond acceptors (Lipinski definition) is 13. The van der Waals surface area contributed by atoms with E-state index >= 15 is 0 Å². The maximum absolute atomic E-state index is 13.4. The summed E-state index contributed by atoms with van der Waals surface area (Å²) in [5.41, 5.74) is 0. The third-order valence-corrected chi connectivity index (χ3v) is 18.3. The van der Waals surface area contributed by atoms with Gasteiger partial charge in [-0.25, -0.2) is 0 Å². The molecule has 0 aromatic heterocycles. The number of carbonyl (C=O) groups is 1. The molecule has 9 N–H and O–H groups in total. The van der Waals surface area contributed by atoms with Gasteiger partial charge in [-0.3, -0.25) is 4.79 Å². The number of allylic oxidation sites excluding steroid dienone is 13. The largest absolute Gasteiger partial charge is 0.394 e. The molecule has 14 nitrogen and oxygen atoms in total. The summed E-state index contributed by atoms with van der Waals surface area (Å²) in [7, 11) is 0. The van der Waals surface area contributed by atoms with Gasteiger partial charge in [-0.05, 0) is 77.0 Å². The van der Waals surface area contributed by atoms with Crippen LogP contribution in [0.2, 0.25) is 0 Å². The smallest absolute Gasteiger partial charge is 0.220 e. The molecule has 0 bridgehead atoms. The number of rotatable bonds is 63. The maximum Gasteiger partial charge on any atom is 0.220 e. The minimum Gasteiger partial charge on any atom is -0.394 e. The molecule has 2 fully saturated rings. The van der Waals surface area contributed by atoms with Gasteiger partial charge in [0, 0.05) is 6.42 Å². The van der Waals surface area contributed by atoms with Crippen LogP contribution in [0, 0.1) is 0 Å². The van der Waals surface area contributed by atoms with Gasteiger partial charge in [0.15, 0.2) is 12.6 Å². The molecular weight excluding hydrogens is 1170 g/mol. The average Bonchev–Trinajstić information content (AvgIpc) is 0.854. The number of aliphatic hydroxyl groups excluding tert-OH is 8. The van der Waals surface area contributed by atoms with Crippen molar-refractivity contribution < 1.29 is 64.6 Å². The standard InChI is InChI=1S/C79H141NO13/c1-3-5-7-9-11-13-15-17-19-21-23-25-26-27-28-29-30-31-32-33-34-35-36-37-38-39-40-41-42-43-45-47-49-51-53-55-57-59-61-63-71(84)80-67(68(83)62-60-58-56-54-52-50-48-46-44-24-22-20-18-16-14-12-10-8-6-4-2)66-90-78-76(89)74(87)77(70(65-82)92-78)93-79-75(88)73(86)72(85)69(64-81)91-79/h5,7,11,13,17,19,23,25,27-28,52,54,60,62,67-70,72-79,81-83,85-89H,3-4,6,8-10,12,14-16,18,20-22,24,26,29-51,53,55-59,61,63-66H2,1-2H3,(H,80,84)/b7-5-,13-11-,19-17-,25-23-,28-27-,54-52+,62-60+. The summed E-state index contributed by atoms with van der Waals surface area (Å²) in [6.07, 6.45) is 70.9. The van der Waals surface area contributed by atoms with Crippen molar-refractivity contribution in [3.63, 3.8) is 0 Å².